The largest absolute Gasteiger partial charge is 0.466 e. The van der Waals surface area contributed by atoms with Crippen LogP contribution in [0.5, 0.6) is 0 Å². The van der Waals surface area contributed by atoms with Gasteiger partial charge >= 0.3 is 5.97 Å². The first-order chi connectivity index (χ1) is 8.78. The molecule has 2 aromatic rings. The molecule has 0 fully saturated rings. The molecule has 92 valence electrons. The third kappa shape index (κ3) is 3.28. The molecule has 0 N–H and O–H groups in total. The van der Waals surface area contributed by atoms with Gasteiger partial charge in [0.05, 0.1) is 25.7 Å². The summed E-state index contributed by atoms with van der Waals surface area (Å²) in [6.07, 6.45) is 10.1. The van der Waals surface area contributed by atoms with E-state index in [0.29, 0.717) is 6.54 Å². The summed E-state index contributed by atoms with van der Waals surface area (Å²) in [5.41, 5.74) is 1.79. The number of hydrogen-bond acceptors (Lipinski definition) is 4. The monoisotopic (exact) mass is 243 g/mol. The summed E-state index contributed by atoms with van der Waals surface area (Å²) in [4.78, 5) is 19.2. The van der Waals surface area contributed by atoms with E-state index >= 15 is 0 Å². The molecule has 0 saturated heterocycles. The minimum Gasteiger partial charge on any atom is -0.466 e. The number of hydrogen-bond donors (Lipinski definition) is 0. The zero-order valence-corrected chi connectivity index (χ0v) is 9.98. The second-order valence-electron chi connectivity index (χ2n) is 3.67. The number of nitrogens with zero attached hydrogens (tertiary/aromatic N) is 3. The van der Waals surface area contributed by atoms with E-state index in [-0.39, 0.29) is 5.97 Å². The Labute approximate surface area is 105 Å². The van der Waals surface area contributed by atoms with E-state index in [1.54, 1.807) is 24.8 Å². The smallest absolute Gasteiger partial charge is 0.330 e. The molecular weight excluding hydrogens is 230 g/mol. The molecule has 5 heteroatoms. The highest BCUT2D eigenvalue weighted by Crippen LogP contribution is 2.04. The summed E-state index contributed by atoms with van der Waals surface area (Å²) in [5.74, 6) is -0.377. The van der Waals surface area contributed by atoms with Crippen molar-refractivity contribution in [1.82, 2.24) is 14.5 Å². The zero-order chi connectivity index (χ0) is 12.8. The van der Waals surface area contributed by atoms with Gasteiger partial charge in [-0.1, -0.05) is 6.07 Å². The predicted octanol–water partition coefficient (Wildman–Crippen LogP) is 1.51. The third-order valence-electron chi connectivity index (χ3n) is 2.36. The molecule has 0 aliphatic heterocycles. The first kappa shape index (κ1) is 12.0. The summed E-state index contributed by atoms with van der Waals surface area (Å²) >= 11 is 0. The van der Waals surface area contributed by atoms with Crippen molar-refractivity contribution in [1.29, 1.82) is 0 Å². The highest BCUT2D eigenvalue weighted by atomic mass is 16.5. The number of methoxy groups -OCH3 is 1. The molecule has 2 heterocycles. The fourth-order valence-electron chi connectivity index (χ4n) is 1.43. The van der Waals surface area contributed by atoms with Crippen LogP contribution in [0.3, 0.4) is 0 Å². The molecule has 0 saturated carbocycles. The molecule has 0 amide bonds. The summed E-state index contributed by atoms with van der Waals surface area (Å²) < 4.78 is 6.45. The summed E-state index contributed by atoms with van der Waals surface area (Å²) in [6.45, 7) is 0.682. The molecule has 0 aromatic carbocycles. The van der Waals surface area contributed by atoms with Gasteiger partial charge < -0.3 is 9.30 Å². The third-order valence-corrected chi connectivity index (χ3v) is 2.36. The molecule has 2 aromatic heterocycles. The second kappa shape index (κ2) is 5.77. The first-order valence-electron chi connectivity index (χ1n) is 5.44. The van der Waals surface area contributed by atoms with Crippen molar-refractivity contribution in [2.75, 3.05) is 7.11 Å². The van der Waals surface area contributed by atoms with Gasteiger partial charge in [0.1, 0.15) is 0 Å². The summed E-state index contributed by atoms with van der Waals surface area (Å²) in [6, 6.07) is 3.82. The lowest BCUT2D eigenvalue weighted by molar-refractivity contribution is -0.134. The highest BCUT2D eigenvalue weighted by Gasteiger charge is 1.97. The van der Waals surface area contributed by atoms with Gasteiger partial charge in [-0.15, -0.1) is 0 Å². The van der Waals surface area contributed by atoms with E-state index in [2.05, 4.69) is 14.7 Å². The maximum Gasteiger partial charge on any atom is 0.330 e. The van der Waals surface area contributed by atoms with E-state index in [0.717, 1.165) is 11.3 Å². The average Bonchev–Trinajstić information content (AvgIpc) is 2.90. The fourth-order valence-corrected chi connectivity index (χ4v) is 1.43. The highest BCUT2D eigenvalue weighted by molar-refractivity contribution is 5.86. The van der Waals surface area contributed by atoms with Crippen LogP contribution in [0.4, 0.5) is 0 Å². The van der Waals surface area contributed by atoms with Gasteiger partial charge in [-0.3, -0.25) is 4.98 Å². The van der Waals surface area contributed by atoms with Crippen LogP contribution in [0.2, 0.25) is 0 Å². The van der Waals surface area contributed by atoms with Gasteiger partial charge in [0.15, 0.2) is 0 Å². The predicted molar refractivity (Wildman–Crippen MR) is 66.6 cm³/mol. The van der Waals surface area contributed by atoms with Crippen LogP contribution >= 0.6 is 0 Å². The Bertz CT molecular complexity index is 530. The minimum atomic E-state index is -0.377. The van der Waals surface area contributed by atoms with Crippen molar-refractivity contribution < 1.29 is 9.53 Å². The molecule has 0 aliphatic carbocycles. The van der Waals surface area contributed by atoms with Crippen LogP contribution in [0.1, 0.15) is 11.3 Å². The Hall–Kier alpha value is -2.43. The van der Waals surface area contributed by atoms with Crippen LogP contribution < -0.4 is 0 Å². The number of esters is 1. The Morgan fingerprint density at radius 1 is 1.50 bits per heavy atom. The van der Waals surface area contributed by atoms with Gasteiger partial charge in [0, 0.05) is 24.7 Å². The first-order valence-corrected chi connectivity index (χ1v) is 5.44. The lowest BCUT2D eigenvalue weighted by Gasteiger charge is -2.01. The van der Waals surface area contributed by atoms with Crippen molar-refractivity contribution in [2.24, 2.45) is 0 Å². The Morgan fingerprint density at radius 3 is 3.00 bits per heavy atom. The number of aromatic nitrogens is 3. The normalized spacial score (nSPS) is 10.7. The standard InChI is InChI=1S/C13H13N3O2/c1-18-13(17)5-3-11-2-4-12(15-8-11)9-16-7-6-14-10-16/h2-8,10H,9H2,1H3/b5-3+. The number of ether oxygens (including phenoxy) is 1. The van der Waals surface area contributed by atoms with E-state index < -0.39 is 0 Å². The lowest BCUT2D eigenvalue weighted by Crippen LogP contribution is -1.99. The van der Waals surface area contributed by atoms with E-state index in [1.165, 1.54) is 13.2 Å². The number of imidazole rings is 1. The van der Waals surface area contributed by atoms with Crippen molar-refractivity contribution in [3.05, 3.63) is 54.4 Å². The quantitative estimate of drug-likeness (QED) is 0.603. The van der Waals surface area contributed by atoms with Crippen molar-refractivity contribution in [2.45, 2.75) is 6.54 Å². The molecule has 0 unspecified atom stereocenters. The van der Waals surface area contributed by atoms with Gasteiger partial charge in [-0.25, -0.2) is 9.78 Å². The molecular formula is C13H13N3O2. The molecule has 0 atom stereocenters. The minimum absolute atomic E-state index is 0.377. The van der Waals surface area contributed by atoms with Crippen LogP contribution in [-0.2, 0) is 16.1 Å². The van der Waals surface area contributed by atoms with E-state index in [1.807, 2.05) is 22.9 Å². The zero-order valence-electron chi connectivity index (χ0n) is 9.98. The van der Waals surface area contributed by atoms with Crippen molar-refractivity contribution in [3.8, 4) is 0 Å². The lowest BCUT2D eigenvalue weighted by atomic mass is 10.2. The number of carbonyl (C=O) groups is 1. The number of rotatable bonds is 4. The Balaban J connectivity index is 2.01. The molecule has 0 aliphatic rings. The van der Waals surface area contributed by atoms with Gasteiger partial charge in [0.25, 0.3) is 0 Å². The molecule has 0 spiro atoms. The van der Waals surface area contributed by atoms with Gasteiger partial charge in [-0.05, 0) is 17.7 Å². The van der Waals surface area contributed by atoms with Crippen LogP contribution in [-0.4, -0.2) is 27.6 Å². The van der Waals surface area contributed by atoms with E-state index in [9.17, 15) is 4.79 Å². The maximum atomic E-state index is 10.9. The molecule has 0 radical (unpaired) electrons. The Morgan fingerprint density at radius 2 is 2.39 bits per heavy atom. The second-order valence-corrected chi connectivity index (χ2v) is 3.67. The molecule has 5 nitrogen and oxygen atoms in total. The van der Waals surface area contributed by atoms with E-state index in [4.69, 9.17) is 0 Å². The molecule has 0 bridgehead atoms. The SMILES string of the molecule is COC(=O)/C=C/c1ccc(Cn2ccnc2)nc1. The maximum absolute atomic E-state index is 10.9. The number of pyridine rings is 1. The number of carbonyl (C=O) groups excluding carboxylic acids is 1. The van der Waals surface area contributed by atoms with Crippen molar-refractivity contribution in [3.63, 3.8) is 0 Å². The fraction of sp³-hybridized carbons (Fsp3) is 0.154. The summed E-state index contributed by atoms with van der Waals surface area (Å²) in [7, 11) is 1.35. The topological polar surface area (TPSA) is 57.0 Å². The van der Waals surface area contributed by atoms with Gasteiger partial charge in [0.2, 0.25) is 0 Å². The average molecular weight is 243 g/mol. The van der Waals surface area contributed by atoms with Crippen LogP contribution in [0.15, 0.2) is 43.1 Å². The van der Waals surface area contributed by atoms with Gasteiger partial charge in [-0.2, -0.15) is 0 Å². The molecule has 18 heavy (non-hydrogen) atoms. The molecule has 2 rings (SSSR count). The summed E-state index contributed by atoms with van der Waals surface area (Å²) in [5, 5.41) is 0. The van der Waals surface area contributed by atoms with Crippen LogP contribution in [0.25, 0.3) is 6.08 Å². The Kier molecular flexibility index (Phi) is 3.86. The van der Waals surface area contributed by atoms with Crippen LogP contribution in [0, 0.1) is 0 Å². The van der Waals surface area contributed by atoms with Crippen molar-refractivity contribution >= 4 is 12.0 Å².